The summed E-state index contributed by atoms with van der Waals surface area (Å²) < 4.78 is 10.4. The first kappa shape index (κ1) is 18.8. The molecule has 2 rings (SSSR count). The molecule has 0 bridgehead atoms. The number of ether oxygens (including phenoxy) is 2. The molecule has 24 heavy (non-hydrogen) atoms. The molecule has 0 spiro atoms. The van der Waals surface area contributed by atoms with Crippen LogP contribution in [0.4, 0.5) is 0 Å². The summed E-state index contributed by atoms with van der Waals surface area (Å²) in [5, 5.41) is 3.94. The van der Waals surface area contributed by atoms with E-state index in [1.165, 1.54) is 11.8 Å². The fourth-order valence-electron chi connectivity index (χ4n) is 1.97. The average molecular weight is 386 g/mol. The zero-order valence-electron chi connectivity index (χ0n) is 13.3. The smallest absolute Gasteiger partial charge is 0.230 e. The summed E-state index contributed by atoms with van der Waals surface area (Å²) in [6.07, 6.45) is 0. The minimum atomic E-state index is -0.0826. The van der Waals surface area contributed by atoms with Gasteiger partial charge in [0.25, 0.3) is 0 Å². The van der Waals surface area contributed by atoms with Crippen LogP contribution in [0.1, 0.15) is 5.56 Å². The summed E-state index contributed by atoms with van der Waals surface area (Å²) in [6.45, 7) is 0.362. The first-order valence-electron chi connectivity index (χ1n) is 7.09. The number of hydrogen-bond acceptors (Lipinski definition) is 4. The van der Waals surface area contributed by atoms with Gasteiger partial charge in [-0.15, -0.1) is 11.8 Å². The van der Waals surface area contributed by atoms with Gasteiger partial charge in [-0.25, -0.2) is 0 Å². The van der Waals surface area contributed by atoms with Crippen molar-refractivity contribution in [1.82, 2.24) is 5.32 Å². The zero-order valence-corrected chi connectivity index (χ0v) is 15.6. The third-order valence-corrected chi connectivity index (χ3v) is 4.80. The molecule has 4 nitrogen and oxygen atoms in total. The number of rotatable bonds is 7. The quantitative estimate of drug-likeness (QED) is 0.716. The molecule has 0 radical (unpaired) electrons. The maximum Gasteiger partial charge on any atom is 0.230 e. The number of benzene rings is 2. The Balaban J connectivity index is 1.87. The number of methoxy groups -OCH3 is 2. The molecule has 1 amide bonds. The number of hydrogen-bond donors (Lipinski definition) is 1. The van der Waals surface area contributed by atoms with Gasteiger partial charge in [-0.2, -0.15) is 0 Å². The largest absolute Gasteiger partial charge is 0.493 e. The van der Waals surface area contributed by atoms with Crippen molar-refractivity contribution < 1.29 is 14.3 Å². The van der Waals surface area contributed by atoms with E-state index in [4.69, 9.17) is 32.7 Å². The molecule has 0 aliphatic carbocycles. The highest BCUT2D eigenvalue weighted by molar-refractivity contribution is 8.00. The lowest BCUT2D eigenvalue weighted by Crippen LogP contribution is -2.24. The summed E-state index contributed by atoms with van der Waals surface area (Å²) >= 11 is 13.3. The molecule has 7 heteroatoms. The van der Waals surface area contributed by atoms with Crippen LogP contribution in [0.3, 0.4) is 0 Å². The molecule has 1 N–H and O–H groups in total. The highest BCUT2D eigenvalue weighted by Gasteiger charge is 2.08. The van der Waals surface area contributed by atoms with E-state index < -0.39 is 0 Å². The molecule has 2 aromatic carbocycles. The molecular formula is C17H17Cl2NO3S. The third-order valence-electron chi connectivity index (χ3n) is 3.22. The van der Waals surface area contributed by atoms with Gasteiger partial charge in [0.15, 0.2) is 11.5 Å². The van der Waals surface area contributed by atoms with Crippen LogP contribution < -0.4 is 14.8 Å². The molecule has 0 saturated heterocycles. The average Bonchev–Trinajstić information content (AvgIpc) is 2.58. The van der Waals surface area contributed by atoms with Crippen molar-refractivity contribution in [2.75, 3.05) is 20.0 Å². The minimum Gasteiger partial charge on any atom is -0.493 e. The molecule has 0 saturated carbocycles. The SMILES string of the molecule is COc1ccc(SCC(=O)NCc2ccc(Cl)cc2Cl)cc1OC. The Morgan fingerprint density at radius 1 is 1.08 bits per heavy atom. The molecule has 0 heterocycles. The Morgan fingerprint density at radius 2 is 1.83 bits per heavy atom. The van der Waals surface area contributed by atoms with Gasteiger partial charge in [0.2, 0.25) is 5.91 Å². The van der Waals surface area contributed by atoms with Crippen molar-refractivity contribution in [2.24, 2.45) is 0 Å². The van der Waals surface area contributed by atoms with Crippen LogP contribution in [0.25, 0.3) is 0 Å². The predicted molar refractivity (Wildman–Crippen MR) is 98.6 cm³/mol. The number of halogens is 2. The highest BCUT2D eigenvalue weighted by atomic mass is 35.5. The number of thioether (sulfide) groups is 1. The normalized spacial score (nSPS) is 10.3. The van der Waals surface area contributed by atoms with E-state index in [1.54, 1.807) is 32.4 Å². The maximum atomic E-state index is 12.0. The van der Waals surface area contributed by atoms with Crippen LogP contribution in [0.15, 0.2) is 41.3 Å². The summed E-state index contributed by atoms with van der Waals surface area (Å²) in [4.78, 5) is 12.9. The van der Waals surface area contributed by atoms with Crippen molar-refractivity contribution in [3.8, 4) is 11.5 Å². The molecule has 0 fully saturated rings. The minimum absolute atomic E-state index is 0.0826. The van der Waals surface area contributed by atoms with Gasteiger partial charge in [0.1, 0.15) is 0 Å². The van der Waals surface area contributed by atoms with Gasteiger partial charge in [0, 0.05) is 21.5 Å². The van der Waals surface area contributed by atoms with E-state index in [2.05, 4.69) is 5.32 Å². The van der Waals surface area contributed by atoms with Crippen LogP contribution in [-0.2, 0) is 11.3 Å². The van der Waals surface area contributed by atoms with E-state index >= 15 is 0 Å². The Hall–Kier alpha value is -1.56. The summed E-state index contributed by atoms with van der Waals surface area (Å²) in [5.41, 5.74) is 0.825. The molecular weight excluding hydrogens is 369 g/mol. The van der Waals surface area contributed by atoms with Gasteiger partial charge >= 0.3 is 0 Å². The van der Waals surface area contributed by atoms with Crippen LogP contribution >= 0.6 is 35.0 Å². The van der Waals surface area contributed by atoms with E-state index in [0.717, 1.165) is 10.5 Å². The Kier molecular flexibility index (Phi) is 7.09. The van der Waals surface area contributed by atoms with Gasteiger partial charge < -0.3 is 14.8 Å². The fourth-order valence-corrected chi connectivity index (χ4v) is 3.19. The Bertz CT molecular complexity index is 725. The van der Waals surface area contributed by atoms with Gasteiger partial charge in [-0.3, -0.25) is 4.79 Å². The van der Waals surface area contributed by atoms with Gasteiger partial charge in [-0.1, -0.05) is 29.3 Å². The summed E-state index contributed by atoms with van der Waals surface area (Å²) in [5.74, 6) is 1.50. The predicted octanol–water partition coefficient (Wildman–Crippen LogP) is 4.42. The van der Waals surface area contributed by atoms with Crippen LogP contribution in [0.5, 0.6) is 11.5 Å². The summed E-state index contributed by atoms with van der Waals surface area (Å²) in [7, 11) is 3.16. The second-order valence-electron chi connectivity index (χ2n) is 4.82. The topological polar surface area (TPSA) is 47.6 Å². The van der Waals surface area contributed by atoms with E-state index in [1.807, 2.05) is 18.2 Å². The standard InChI is InChI=1S/C17H17Cl2NO3S/c1-22-15-6-5-13(8-16(15)23-2)24-10-17(21)20-9-11-3-4-12(18)7-14(11)19/h3-8H,9-10H2,1-2H3,(H,20,21). The van der Waals surface area contributed by atoms with Crippen molar-refractivity contribution in [3.63, 3.8) is 0 Å². The lowest BCUT2D eigenvalue weighted by molar-refractivity contribution is -0.118. The molecule has 0 aliphatic rings. The first-order chi connectivity index (χ1) is 11.5. The van der Waals surface area contributed by atoms with E-state index in [9.17, 15) is 4.79 Å². The monoisotopic (exact) mass is 385 g/mol. The Labute approximate surface area is 155 Å². The van der Waals surface area contributed by atoms with Crippen molar-refractivity contribution in [1.29, 1.82) is 0 Å². The van der Waals surface area contributed by atoms with Gasteiger partial charge in [0.05, 0.1) is 20.0 Å². The number of amides is 1. The second-order valence-corrected chi connectivity index (χ2v) is 6.71. The van der Waals surface area contributed by atoms with Crippen LogP contribution in [-0.4, -0.2) is 25.9 Å². The maximum absolute atomic E-state index is 12.0. The van der Waals surface area contributed by atoms with Crippen LogP contribution in [0.2, 0.25) is 10.0 Å². The second kappa shape index (κ2) is 9.06. The number of carbonyl (C=O) groups is 1. The molecule has 2 aromatic rings. The lowest BCUT2D eigenvalue weighted by atomic mass is 10.2. The lowest BCUT2D eigenvalue weighted by Gasteiger charge is -2.10. The third kappa shape index (κ3) is 5.23. The molecule has 0 aliphatic heterocycles. The van der Waals surface area contributed by atoms with Crippen LogP contribution in [0, 0.1) is 0 Å². The van der Waals surface area contributed by atoms with E-state index in [-0.39, 0.29) is 5.91 Å². The van der Waals surface area contributed by atoms with E-state index in [0.29, 0.717) is 33.8 Å². The fraction of sp³-hybridized carbons (Fsp3) is 0.235. The molecule has 128 valence electrons. The Morgan fingerprint density at radius 3 is 2.50 bits per heavy atom. The van der Waals surface area contributed by atoms with Crippen molar-refractivity contribution in [3.05, 3.63) is 52.0 Å². The number of nitrogens with one attached hydrogen (secondary N) is 1. The molecule has 0 atom stereocenters. The zero-order chi connectivity index (χ0) is 17.5. The highest BCUT2D eigenvalue weighted by Crippen LogP contribution is 2.31. The van der Waals surface area contributed by atoms with Crippen molar-refractivity contribution >= 4 is 40.9 Å². The first-order valence-corrected chi connectivity index (χ1v) is 8.83. The summed E-state index contributed by atoms with van der Waals surface area (Å²) in [6, 6.07) is 10.7. The van der Waals surface area contributed by atoms with Crippen molar-refractivity contribution in [2.45, 2.75) is 11.4 Å². The number of carbonyl (C=O) groups excluding carboxylic acids is 1. The van der Waals surface area contributed by atoms with Gasteiger partial charge in [-0.05, 0) is 35.9 Å². The molecule has 0 unspecified atom stereocenters. The molecule has 0 aromatic heterocycles.